The Kier molecular flexibility index (Phi) is 5.00. The molecule has 0 atom stereocenters. The summed E-state index contributed by atoms with van der Waals surface area (Å²) < 4.78 is 6.10. The topological polar surface area (TPSA) is 68.0 Å². The number of benzene rings is 2. The summed E-state index contributed by atoms with van der Waals surface area (Å²) >= 11 is 7.23. The first kappa shape index (κ1) is 17.5. The third-order valence-corrected chi connectivity index (χ3v) is 5.12. The van der Waals surface area contributed by atoms with Gasteiger partial charge in [-0.15, -0.1) is 16.4 Å². The minimum absolute atomic E-state index is 0.0490. The lowest BCUT2D eigenvalue weighted by atomic mass is 10.0. The molecule has 0 saturated heterocycles. The van der Waals surface area contributed by atoms with Crippen molar-refractivity contribution in [1.29, 1.82) is 0 Å². The molecule has 0 spiro atoms. The zero-order chi connectivity index (χ0) is 18.6. The molecule has 0 aliphatic heterocycles. The van der Waals surface area contributed by atoms with Crippen molar-refractivity contribution in [2.24, 2.45) is 0 Å². The molecule has 2 heterocycles. The third-order valence-electron chi connectivity index (χ3n) is 3.90. The summed E-state index contributed by atoms with van der Waals surface area (Å²) in [5.41, 5.74) is 2.87. The van der Waals surface area contributed by atoms with Gasteiger partial charge in [-0.25, -0.2) is 0 Å². The lowest BCUT2D eigenvalue weighted by Gasteiger charge is -2.04. The van der Waals surface area contributed by atoms with Crippen LogP contribution in [-0.2, 0) is 6.42 Å². The molecule has 2 aromatic heterocycles. The molecule has 0 bridgehead atoms. The Morgan fingerprint density at radius 1 is 0.963 bits per heavy atom. The summed E-state index contributed by atoms with van der Waals surface area (Å²) in [6.07, 6.45) is 0.819. The fraction of sp³-hybridized carbons (Fsp3) is 0.0500. The van der Waals surface area contributed by atoms with Gasteiger partial charge in [-0.2, -0.15) is 0 Å². The van der Waals surface area contributed by atoms with E-state index in [2.05, 4.69) is 27.6 Å². The summed E-state index contributed by atoms with van der Waals surface area (Å²) in [5, 5.41) is 10.4. The summed E-state index contributed by atoms with van der Waals surface area (Å²) in [7, 11) is 0. The molecule has 1 N–H and O–H groups in total. The van der Waals surface area contributed by atoms with Crippen molar-refractivity contribution in [3.05, 3.63) is 87.8 Å². The average molecular weight is 396 g/mol. The molecule has 1 amide bonds. The van der Waals surface area contributed by atoms with Crippen molar-refractivity contribution in [2.45, 2.75) is 6.42 Å². The van der Waals surface area contributed by atoms with Crippen LogP contribution in [0.3, 0.4) is 0 Å². The first-order valence-electron chi connectivity index (χ1n) is 8.21. The highest BCUT2D eigenvalue weighted by atomic mass is 35.5. The van der Waals surface area contributed by atoms with E-state index in [0.29, 0.717) is 15.8 Å². The normalized spacial score (nSPS) is 10.7. The maximum absolute atomic E-state index is 12.4. The number of carbonyl (C=O) groups is 1. The molecule has 0 unspecified atom stereocenters. The van der Waals surface area contributed by atoms with Crippen molar-refractivity contribution in [3.63, 3.8) is 0 Å². The molecule has 7 heteroatoms. The van der Waals surface area contributed by atoms with Gasteiger partial charge in [0.25, 0.3) is 11.8 Å². The van der Waals surface area contributed by atoms with Crippen molar-refractivity contribution < 1.29 is 9.21 Å². The quantitative estimate of drug-likeness (QED) is 0.498. The summed E-state index contributed by atoms with van der Waals surface area (Å²) in [5.74, 6) is 0.0149. The summed E-state index contributed by atoms with van der Waals surface area (Å²) in [6, 6.07) is 21.2. The van der Waals surface area contributed by atoms with E-state index in [1.54, 1.807) is 24.3 Å². The standard InChI is InChI=1S/C20H14ClN3O2S/c21-17-11-10-16(27-17)19-23-24-20(26-19)22-18(25)15-8-6-14(7-9-15)12-13-4-2-1-3-5-13/h1-11H,12H2,(H,22,24,25). The predicted molar refractivity (Wildman–Crippen MR) is 106 cm³/mol. The predicted octanol–water partition coefficient (Wildman–Crippen LogP) is 5.29. The van der Waals surface area contributed by atoms with Gasteiger partial charge in [-0.05, 0) is 41.8 Å². The maximum Gasteiger partial charge on any atom is 0.322 e. The molecule has 4 aromatic rings. The molecule has 0 saturated carbocycles. The van der Waals surface area contributed by atoms with E-state index in [1.807, 2.05) is 30.3 Å². The molecular formula is C20H14ClN3O2S. The van der Waals surface area contributed by atoms with Crippen LogP contribution in [0.2, 0.25) is 4.34 Å². The average Bonchev–Trinajstić information content (AvgIpc) is 3.32. The number of thiophene rings is 1. The molecule has 0 aliphatic rings. The number of carbonyl (C=O) groups excluding carboxylic acids is 1. The van der Waals surface area contributed by atoms with Gasteiger partial charge in [0, 0.05) is 5.56 Å². The highest BCUT2D eigenvalue weighted by Crippen LogP contribution is 2.30. The molecule has 0 radical (unpaired) electrons. The van der Waals surface area contributed by atoms with Gasteiger partial charge in [0.1, 0.15) is 0 Å². The number of hydrogen-bond donors (Lipinski definition) is 1. The molecule has 4 rings (SSSR count). The molecular weight excluding hydrogens is 382 g/mol. The highest BCUT2D eigenvalue weighted by Gasteiger charge is 2.14. The molecule has 5 nitrogen and oxygen atoms in total. The van der Waals surface area contributed by atoms with Crippen LogP contribution in [0, 0.1) is 0 Å². The number of aromatic nitrogens is 2. The van der Waals surface area contributed by atoms with Crippen LogP contribution in [-0.4, -0.2) is 16.1 Å². The molecule has 2 aromatic carbocycles. The Bertz CT molecular complexity index is 1060. The summed E-state index contributed by atoms with van der Waals surface area (Å²) in [6.45, 7) is 0. The maximum atomic E-state index is 12.4. The van der Waals surface area contributed by atoms with E-state index in [0.717, 1.165) is 16.9 Å². The van der Waals surface area contributed by atoms with Gasteiger partial charge in [0.15, 0.2) is 0 Å². The fourth-order valence-electron chi connectivity index (χ4n) is 2.58. The van der Waals surface area contributed by atoms with Crippen LogP contribution in [0.1, 0.15) is 21.5 Å². The Hall–Kier alpha value is -2.96. The minimum Gasteiger partial charge on any atom is -0.402 e. The van der Waals surface area contributed by atoms with Gasteiger partial charge in [0.2, 0.25) is 0 Å². The first-order chi connectivity index (χ1) is 13.2. The van der Waals surface area contributed by atoms with Gasteiger partial charge in [-0.3, -0.25) is 10.1 Å². The van der Waals surface area contributed by atoms with E-state index in [-0.39, 0.29) is 11.9 Å². The second kappa shape index (κ2) is 7.73. The van der Waals surface area contributed by atoms with Crippen LogP contribution < -0.4 is 5.32 Å². The smallest absolute Gasteiger partial charge is 0.322 e. The SMILES string of the molecule is O=C(Nc1nnc(-c2ccc(Cl)s2)o1)c1ccc(Cc2ccccc2)cc1. The van der Waals surface area contributed by atoms with Gasteiger partial charge < -0.3 is 4.42 Å². The fourth-order valence-corrected chi connectivity index (χ4v) is 3.54. The Morgan fingerprint density at radius 3 is 2.41 bits per heavy atom. The van der Waals surface area contributed by atoms with E-state index in [1.165, 1.54) is 16.9 Å². The molecule has 0 aliphatic carbocycles. The van der Waals surface area contributed by atoms with Crippen molar-refractivity contribution in [1.82, 2.24) is 10.2 Å². The van der Waals surface area contributed by atoms with E-state index < -0.39 is 0 Å². The third kappa shape index (κ3) is 4.24. The van der Waals surface area contributed by atoms with Crippen LogP contribution in [0.4, 0.5) is 6.01 Å². The van der Waals surface area contributed by atoms with Crippen LogP contribution >= 0.6 is 22.9 Å². The Balaban J connectivity index is 1.42. The molecule has 27 heavy (non-hydrogen) atoms. The Labute approximate surface area is 164 Å². The largest absolute Gasteiger partial charge is 0.402 e. The zero-order valence-corrected chi connectivity index (χ0v) is 15.6. The van der Waals surface area contributed by atoms with Crippen molar-refractivity contribution in [3.8, 4) is 10.8 Å². The number of amides is 1. The number of anilines is 1. The van der Waals surface area contributed by atoms with E-state index in [9.17, 15) is 4.79 Å². The number of hydrogen-bond acceptors (Lipinski definition) is 5. The van der Waals surface area contributed by atoms with Gasteiger partial charge >= 0.3 is 6.01 Å². The lowest BCUT2D eigenvalue weighted by molar-refractivity contribution is 0.102. The lowest BCUT2D eigenvalue weighted by Crippen LogP contribution is -2.12. The van der Waals surface area contributed by atoms with Crippen molar-refractivity contribution in [2.75, 3.05) is 5.32 Å². The second-order valence-electron chi connectivity index (χ2n) is 5.83. The minimum atomic E-state index is -0.305. The van der Waals surface area contributed by atoms with E-state index >= 15 is 0 Å². The van der Waals surface area contributed by atoms with Gasteiger partial charge in [0.05, 0.1) is 9.21 Å². The monoisotopic (exact) mass is 395 g/mol. The van der Waals surface area contributed by atoms with Crippen molar-refractivity contribution >= 4 is 34.9 Å². The summed E-state index contributed by atoms with van der Waals surface area (Å²) in [4.78, 5) is 13.1. The highest BCUT2D eigenvalue weighted by molar-refractivity contribution is 7.19. The van der Waals surface area contributed by atoms with E-state index in [4.69, 9.17) is 16.0 Å². The number of nitrogens with one attached hydrogen (secondary N) is 1. The number of halogens is 1. The van der Waals surface area contributed by atoms with Crippen LogP contribution in [0.5, 0.6) is 0 Å². The van der Waals surface area contributed by atoms with Crippen LogP contribution in [0.15, 0.2) is 71.1 Å². The number of nitrogens with zero attached hydrogens (tertiary/aromatic N) is 2. The molecule has 0 fully saturated rings. The Morgan fingerprint density at radius 2 is 1.70 bits per heavy atom. The number of rotatable bonds is 5. The molecule has 134 valence electrons. The van der Waals surface area contributed by atoms with Crippen LogP contribution in [0.25, 0.3) is 10.8 Å². The first-order valence-corrected chi connectivity index (χ1v) is 9.40. The van der Waals surface area contributed by atoms with Gasteiger partial charge in [-0.1, -0.05) is 59.2 Å². The second-order valence-corrected chi connectivity index (χ2v) is 7.54. The zero-order valence-electron chi connectivity index (χ0n) is 14.1.